The third kappa shape index (κ3) is 3.37. The molecule has 160 valence electrons. The predicted octanol–water partition coefficient (Wildman–Crippen LogP) is 3.79. The minimum Gasteiger partial charge on any atom is -0.332 e. The molecule has 31 heavy (non-hydrogen) atoms. The van der Waals surface area contributed by atoms with Crippen LogP contribution in [0.4, 0.5) is 0 Å². The van der Waals surface area contributed by atoms with Gasteiger partial charge < -0.3 is 4.90 Å². The van der Waals surface area contributed by atoms with Crippen molar-refractivity contribution in [1.82, 2.24) is 14.7 Å². The Labute approximate surface area is 182 Å². The van der Waals surface area contributed by atoms with E-state index in [1.165, 1.54) is 0 Å². The van der Waals surface area contributed by atoms with E-state index in [4.69, 9.17) is 0 Å². The lowest BCUT2D eigenvalue weighted by Crippen LogP contribution is -2.49. The van der Waals surface area contributed by atoms with E-state index in [0.717, 1.165) is 24.2 Å². The fraction of sp³-hybridized carbons (Fsp3) is 0.333. The Kier molecular flexibility index (Phi) is 4.93. The number of sulfone groups is 1. The number of hydrogen-bond donors (Lipinski definition) is 0. The van der Waals surface area contributed by atoms with Crippen molar-refractivity contribution in [2.24, 2.45) is 0 Å². The smallest absolute Gasteiger partial charge is 0.257 e. The first-order valence-electron chi connectivity index (χ1n) is 10.7. The summed E-state index contributed by atoms with van der Waals surface area (Å²) >= 11 is 0. The lowest BCUT2D eigenvalue weighted by molar-refractivity contribution is 0.0597. The number of fused-ring (bicyclic) bond motifs is 2. The second kappa shape index (κ2) is 7.64. The number of para-hydroxylation sites is 1. The van der Waals surface area contributed by atoms with E-state index >= 15 is 0 Å². The first-order valence-corrected chi connectivity index (χ1v) is 12.2. The Morgan fingerprint density at radius 1 is 0.935 bits per heavy atom. The summed E-state index contributed by atoms with van der Waals surface area (Å²) in [4.78, 5) is 15.8. The van der Waals surface area contributed by atoms with Gasteiger partial charge in [0, 0.05) is 12.1 Å². The molecule has 7 heteroatoms. The molecule has 2 saturated heterocycles. The van der Waals surface area contributed by atoms with E-state index in [0.29, 0.717) is 23.3 Å². The third-order valence-electron chi connectivity index (χ3n) is 6.68. The van der Waals surface area contributed by atoms with Crippen molar-refractivity contribution in [2.45, 2.75) is 54.8 Å². The van der Waals surface area contributed by atoms with Crippen LogP contribution in [0.5, 0.6) is 0 Å². The van der Waals surface area contributed by atoms with Gasteiger partial charge in [0.1, 0.15) is 0 Å². The van der Waals surface area contributed by atoms with Gasteiger partial charge in [0.05, 0.1) is 33.3 Å². The average Bonchev–Trinajstić information content (AvgIpc) is 3.30. The largest absolute Gasteiger partial charge is 0.332 e. The molecule has 2 atom stereocenters. The van der Waals surface area contributed by atoms with Gasteiger partial charge in [0.15, 0.2) is 9.84 Å². The van der Waals surface area contributed by atoms with Gasteiger partial charge in [-0.3, -0.25) is 4.79 Å². The monoisotopic (exact) mass is 435 g/mol. The van der Waals surface area contributed by atoms with E-state index in [1.807, 2.05) is 48.2 Å². The summed E-state index contributed by atoms with van der Waals surface area (Å²) in [5.74, 6) is -0.0391. The molecule has 2 bridgehead atoms. The molecule has 2 fully saturated rings. The molecule has 5 rings (SSSR count). The quantitative estimate of drug-likeness (QED) is 0.625. The second-order valence-corrected chi connectivity index (χ2v) is 10.7. The summed E-state index contributed by atoms with van der Waals surface area (Å²) in [6.45, 7) is 1.90. The summed E-state index contributed by atoms with van der Waals surface area (Å²) < 4.78 is 28.1. The van der Waals surface area contributed by atoms with Crippen LogP contribution in [0.3, 0.4) is 0 Å². The molecule has 6 nitrogen and oxygen atoms in total. The molecule has 0 N–H and O–H groups in total. The van der Waals surface area contributed by atoms with Gasteiger partial charge in [-0.05, 0) is 56.9 Å². The number of benzene rings is 2. The molecule has 2 aliphatic rings. The second-order valence-electron chi connectivity index (χ2n) is 8.44. The van der Waals surface area contributed by atoms with Gasteiger partial charge in [-0.1, -0.05) is 36.4 Å². The van der Waals surface area contributed by atoms with Crippen molar-refractivity contribution in [3.05, 3.63) is 78.1 Å². The molecule has 0 saturated carbocycles. The Bertz CT molecular complexity index is 1190. The maximum absolute atomic E-state index is 13.5. The number of piperidine rings is 1. The summed E-state index contributed by atoms with van der Waals surface area (Å²) in [6, 6.07) is 18.3. The van der Waals surface area contributed by atoms with Crippen LogP contribution in [0.2, 0.25) is 0 Å². The summed E-state index contributed by atoms with van der Waals surface area (Å²) in [6.07, 6.45) is 4.32. The molecule has 1 aromatic heterocycles. The number of nitrogens with zero attached hydrogens (tertiary/aromatic N) is 3. The maximum atomic E-state index is 13.5. The van der Waals surface area contributed by atoms with Crippen molar-refractivity contribution >= 4 is 15.7 Å². The molecule has 0 spiro atoms. The molecule has 1 amide bonds. The summed E-state index contributed by atoms with van der Waals surface area (Å²) in [5.41, 5.74) is 2.30. The van der Waals surface area contributed by atoms with E-state index in [9.17, 15) is 13.2 Å². The van der Waals surface area contributed by atoms with Gasteiger partial charge in [-0.15, -0.1) is 0 Å². The number of hydrogen-bond acceptors (Lipinski definition) is 4. The Morgan fingerprint density at radius 2 is 1.52 bits per heavy atom. The van der Waals surface area contributed by atoms with Gasteiger partial charge in [0.2, 0.25) is 0 Å². The number of rotatable bonds is 4. The van der Waals surface area contributed by atoms with Crippen LogP contribution in [-0.4, -0.2) is 46.3 Å². The number of aromatic nitrogens is 2. The van der Waals surface area contributed by atoms with Crippen molar-refractivity contribution < 1.29 is 13.2 Å². The standard InChI is InChI=1S/C24H25N3O3S/c1-17-23(16-25-27(17)18-8-4-2-5-9-18)24(28)26-19-12-13-20(26)15-22(14-19)31(29,30)21-10-6-3-7-11-21/h2-11,16,19-20,22H,12-15H2,1H3. The Hall–Kier alpha value is -2.93. The van der Waals surface area contributed by atoms with Crippen molar-refractivity contribution in [2.75, 3.05) is 0 Å². The number of carbonyl (C=O) groups is 1. The summed E-state index contributed by atoms with van der Waals surface area (Å²) in [5, 5.41) is 4.00. The number of amides is 1. The first-order chi connectivity index (χ1) is 15.0. The molecule has 3 aromatic rings. The SMILES string of the molecule is Cc1c(C(=O)N2C3CCC2CC(S(=O)(=O)c2ccccc2)C3)cnn1-c1ccccc1. The summed E-state index contributed by atoms with van der Waals surface area (Å²) in [7, 11) is -3.40. The lowest BCUT2D eigenvalue weighted by atomic mass is 10.0. The van der Waals surface area contributed by atoms with Crippen LogP contribution < -0.4 is 0 Å². The highest BCUT2D eigenvalue weighted by Gasteiger charge is 2.47. The highest BCUT2D eigenvalue weighted by molar-refractivity contribution is 7.92. The zero-order chi connectivity index (χ0) is 21.6. The van der Waals surface area contributed by atoms with Crippen molar-refractivity contribution in [3.63, 3.8) is 0 Å². The highest BCUT2D eigenvalue weighted by Crippen LogP contribution is 2.40. The van der Waals surface area contributed by atoms with Crippen LogP contribution in [0.15, 0.2) is 71.8 Å². The van der Waals surface area contributed by atoms with Crippen LogP contribution in [0, 0.1) is 6.92 Å². The maximum Gasteiger partial charge on any atom is 0.257 e. The normalized spacial score (nSPS) is 23.1. The molecule has 2 aromatic carbocycles. The van der Waals surface area contributed by atoms with Gasteiger partial charge in [-0.25, -0.2) is 13.1 Å². The predicted molar refractivity (Wildman–Crippen MR) is 118 cm³/mol. The van der Waals surface area contributed by atoms with E-state index < -0.39 is 15.1 Å². The highest BCUT2D eigenvalue weighted by atomic mass is 32.2. The van der Waals surface area contributed by atoms with Gasteiger partial charge in [-0.2, -0.15) is 5.10 Å². The zero-order valence-electron chi connectivity index (χ0n) is 17.4. The third-order valence-corrected chi connectivity index (χ3v) is 8.87. The molecule has 2 aliphatic heterocycles. The topological polar surface area (TPSA) is 72.3 Å². The van der Waals surface area contributed by atoms with Crippen LogP contribution in [0.1, 0.15) is 41.7 Å². The van der Waals surface area contributed by atoms with Crippen LogP contribution >= 0.6 is 0 Å². The molecule has 3 heterocycles. The molecule has 2 unspecified atom stereocenters. The zero-order valence-corrected chi connectivity index (χ0v) is 18.2. The van der Waals surface area contributed by atoms with E-state index in [-0.39, 0.29) is 18.0 Å². The van der Waals surface area contributed by atoms with Gasteiger partial charge in [0.25, 0.3) is 5.91 Å². The van der Waals surface area contributed by atoms with Crippen molar-refractivity contribution in [1.29, 1.82) is 0 Å². The lowest BCUT2D eigenvalue weighted by Gasteiger charge is -2.38. The molecule has 0 aliphatic carbocycles. The fourth-order valence-electron chi connectivity index (χ4n) is 5.10. The average molecular weight is 436 g/mol. The minimum atomic E-state index is -3.40. The van der Waals surface area contributed by atoms with E-state index in [2.05, 4.69) is 5.10 Å². The Balaban J connectivity index is 1.39. The first kappa shape index (κ1) is 20.0. The minimum absolute atomic E-state index is 0.0391. The van der Waals surface area contributed by atoms with Gasteiger partial charge >= 0.3 is 0 Å². The fourth-order valence-corrected chi connectivity index (χ4v) is 6.98. The number of carbonyl (C=O) groups excluding carboxylic acids is 1. The van der Waals surface area contributed by atoms with Crippen LogP contribution in [0.25, 0.3) is 5.69 Å². The molecular weight excluding hydrogens is 410 g/mol. The van der Waals surface area contributed by atoms with E-state index in [1.54, 1.807) is 35.1 Å². The van der Waals surface area contributed by atoms with Crippen molar-refractivity contribution in [3.8, 4) is 5.69 Å². The molecule has 0 radical (unpaired) electrons. The Morgan fingerprint density at radius 3 is 2.13 bits per heavy atom. The molecular formula is C24H25N3O3S. The van der Waals surface area contributed by atoms with Crippen LogP contribution in [-0.2, 0) is 9.84 Å².